The third-order valence-corrected chi connectivity index (χ3v) is 4.21. The first-order valence-corrected chi connectivity index (χ1v) is 8.50. The van der Waals surface area contributed by atoms with Crippen LogP contribution in [0.1, 0.15) is 38.2 Å². The van der Waals surface area contributed by atoms with Crippen LogP contribution in [-0.4, -0.2) is 42.5 Å². The van der Waals surface area contributed by atoms with Crippen molar-refractivity contribution in [1.82, 2.24) is 10.2 Å². The molecule has 0 spiro atoms. The summed E-state index contributed by atoms with van der Waals surface area (Å²) in [5.74, 6) is -0.381. The van der Waals surface area contributed by atoms with Gasteiger partial charge in [-0.2, -0.15) is 0 Å². The summed E-state index contributed by atoms with van der Waals surface area (Å²) in [5.41, 5.74) is 1.03. The zero-order valence-corrected chi connectivity index (χ0v) is 14.1. The molecular weight excluding hydrogens is 311 g/mol. The van der Waals surface area contributed by atoms with E-state index in [-0.39, 0.29) is 30.2 Å². The normalized spacial score (nSPS) is 17.3. The number of carbonyl (C=O) groups excluding carboxylic acids is 2. The monoisotopic (exact) mass is 336 g/mol. The molecule has 1 amide bonds. The Hall–Kier alpha value is -1.95. The molecule has 1 saturated heterocycles. The van der Waals surface area contributed by atoms with Gasteiger partial charge in [0, 0.05) is 25.6 Å². The summed E-state index contributed by atoms with van der Waals surface area (Å²) in [6.07, 6.45) is 2.47. The van der Waals surface area contributed by atoms with Crippen LogP contribution in [0.5, 0.6) is 0 Å². The molecule has 1 aliphatic heterocycles. The number of esters is 1. The standard InChI is InChI=1S/C18H25FN2O3/c1-2-24-18(23)10-12-21-16(7-8-17(21)22)9-11-20-13-14-3-5-15(19)6-4-14/h3-6,16,20H,2,7-13H2,1H3. The second-order valence-electron chi connectivity index (χ2n) is 5.93. The molecule has 6 heteroatoms. The van der Waals surface area contributed by atoms with Crippen LogP contribution in [-0.2, 0) is 20.9 Å². The van der Waals surface area contributed by atoms with Gasteiger partial charge in [-0.25, -0.2) is 4.39 Å². The molecule has 0 aromatic heterocycles. The molecule has 1 aromatic rings. The number of hydrogen-bond acceptors (Lipinski definition) is 4. The fourth-order valence-electron chi connectivity index (χ4n) is 2.95. The molecule has 1 fully saturated rings. The average Bonchev–Trinajstić information content (AvgIpc) is 2.92. The van der Waals surface area contributed by atoms with E-state index in [0.717, 1.165) is 24.9 Å². The Bertz CT molecular complexity index is 548. The maximum atomic E-state index is 12.8. The van der Waals surface area contributed by atoms with Gasteiger partial charge in [0.05, 0.1) is 13.0 Å². The van der Waals surface area contributed by atoms with Crippen LogP contribution < -0.4 is 5.32 Å². The van der Waals surface area contributed by atoms with Gasteiger partial charge in [-0.1, -0.05) is 12.1 Å². The van der Waals surface area contributed by atoms with Crippen molar-refractivity contribution in [3.63, 3.8) is 0 Å². The van der Waals surface area contributed by atoms with Gasteiger partial charge in [0.15, 0.2) is 0 Å². The Labute approximate surface area is 142 Å². The lowest BCUT2D eigenvalue weighted by molar-refractivity contribution is -0.144. The summed E-state index contributed by atoms with van der Waals surface area (Å²) in [4.78, 5) is 25.2. The number of halogens is 1. The highest BCUT2D eigenvalue weighted by Gasteiger charge is 2.30. The minimum absolute atomic E-state index is 0.114. The van der Waals surface area contributed by atoms with E-state index >= 15 is 0 Å². The number of amides is 1. The second kappa shape index (κ2) is 9.37. The molecule has 24 heavy (non-hydrogen) atoms. The molecule has 0 bridgehead atoms. The molecule has 1 N–H and O–H groups in total. The summed E-state index contributed by atoms with van der Waals surface area (Å²) in [7, 11) is 0. The molecule has 1 atom stereocenters. The molecular formula is C18H25FN2O3. The second-order valence-corrected chi connectivity index (χ2v) is 5.93. The Kier molecular flexibility index (Phi) is 7.18. The molecule has 1 unspecified atom stereocenters. The first kappa shape index (κ1) is 18.4. The van der Waals surface area contributed by atoms with Crippen molar-refractivity contribution in [2.75, 3.05) is 19.7 Å². The van der Waals surface area contributed by atoms with Crippen LogP contribution in [0.25, 0.3) is 0 Å². The number of hydrogen-bond donors (Lipinski definition) is 1. The Balaban J connectivity index is 1.71. The molecule has 1 heterocycles. The summed E-state index contributed by atoms with van der Waals surface area (Å²) >= 11 is 0. The minimum atomic E-state index is -0.259. The highest BCUT2D eigenvalue weighted by molar-refractivity contribution is 5.79. The lowest BCUT2D eigenvalue weighted by Gasteiger charge is -2.24. The maximum absolute atomic E-state index is 12.8. The SMILES string of the molecule is CCOC(=O)CCN1C(=O)CCC1CCNCc1ccc(F)cc1. The van der Waals surface area contributed by atoms with Gasteiger partial charge >= 0.3 is 5.97 Å². The van der Waals surface area contributed by atoms with Gasteiger partial charge in [0.25, 0.3) is 0 Å². The fourth-order valence-corrected chi connectivity index (χ4v) is 2.95. The first-order valence-electron chi connectivity index (χ1n) is 8.50. The van der Waals surface area contributed by atoms with Crippen LogP contribution in [0, 0.1) is 5.82 Å². The zero-order valence-electron chi connectivity index (χ0n) is 14.1. The zero-order chi connectivity index (χ0) is 17.4. The van der Waals surface area contributed by atoms with Gasteiger partial charge < -0.3 is 15.0 Å². The highest BCUT2D eigenvalue weighted by atomic mass is 19.1. The van der Waals surface area contributed by atoms with Crippen LogP contribution >= 0.6 is 0 Å². The van der Waals surface area contributed by atoms with Gasteiger partial charge in [-0.15, -0.1) is 0 Å². The number of nitrogens with zero attached hydrogens (tertiary/aromatic N) is 1. The molecule has 5 nitrogen and oxygen atoms in total. The molecule has 2 rings (SSSR count). The number of ether oxygens (including phenoxy) is 1. The average molecular weight is 336 g/mol. The summed E-state index contributed by atoms with van der Waals surface area (Å²) in [6.45, 7) is 4.01. The highest BCUT2D eigenvalue weighted by Crippen LogP contribution is 2.21. The van der Waals surface area contributed by atoms with E-state index in [4.69, 9.17) is 4.74 Å². The van der Waals surface area contributed by atoms with E-state index in [1.54, 1.807) is 24.0 Å². The van der Waals surface area contributed by atoms with Crippen molar-refractivity contribution in [2.45, 2.75) is 45.2 Å². The lowest BCUT2D eigenvalue weighted by atomic mass is 10.1. The largest absolute Gasteiger partial charge is 0.466 e. The fraction of sp³-hybridized carbons (Fsp3) is 0.556. The Morgan fingerprint density at radius 2 is 2.12 bits per heavy atom. The topological polar surface area (TPSA) is 58.6 Å². The van der Waals surface area contributed by atoms with Gasteiger partial charge in [0.2, 0.25) is 5.91 Å². The van der Waals surface area contributed by atoms with E-state index < -0.39 is 0 Å². The van der Waals surface area contributed by atoms with E-state index in [1.807, 2.05) is 0 Å². The predicted octanol–water partition coefficient (Wildman–Crippen LogP) is 2.25. The number of likely N-dealkylation sites (tertiary alicyclic amines) is 1. The van der Waals surface area contributed by atoms with E-state index in [1.165, 1.54) is 12.1 Å². The number of carbonyl (C=O) groups is 2. The number of nitrogens with one attached hydrogen (secondary N) is 1. The molecule has 0 radical (unpaired) electrons. The molecule has 132 valence electrons. The summed E-state index contributed by atoms with van der Waals surface area (Å²) in [6, 6.07) is 6.58. The van der Waals surface area contributed by atoms with Crippen LogP contribution in [0.15, 0.2) is 24.3 Å². The Morgan fingerprint density at radius 3 is 2.83 bits per heavy atom. The third kappa shape index (κ3) is 5.60. The van der Waals surface area contributed by atoms with E-state index in [9.17, 15) is 14.0 Å². The van der Waals surface area contributed by atoms with Gasteiger partial charge in [-0.3, -0.25) is 9.59 Å². The van der Waals surface area contributed by atoms with E-state index in [2.05, 4.69) is 5.32 Å². The van der Waals surface area contributed by atoms with Crippen LogP contribution in [0.2, 0.25) is 0 Å². The van der Waals surface area contributed by atoms with Crippen molar-refractivity contribution in [1.29, 1.82) is 0 Å². The van der Waals surface area contributed by atoms with Crippen molar-refractivity contribution >= 4 is 11.9 Å². The Morgan fingerprint density at radius 1 is 1.38 bits per heavy atom. The van der Waals surface area contributed by atoms with Gasteiger partial charge in [0.1, 0.15) is 5.82 Å². The number of benzene rings is 1. The molecule has 0 saturated carbocycles. The smallest absolute Gasteiger partial charge is 0.307 e. The summed E-state index contributed by atoms with van der Waals surface area (Å²) < 4.78 is 17.8. The van der Waals surface area contributed by atoms with Crippen molar-refractivity contribution < 1.29 is 18.7 Å². The quantitative estimate of drug-likeness (QED) is 0.555. The van der Waals surface area contributed by atoms with Crippen LogP contribution in [0.4, 0.5) is 4.39 Å². The molecule has 1 aliphatic rings. The number of rotatable bonds is 9. The van der Waals surface area contributed by atoms with Crippen molar-refractivity contribution in [3.05, 3.63) is 35.6 Å². The lowest BCUT2D eigenvalue weighted by Crippen LogP contribution is -2.36. The minimum Gasteiger partial charge on any atom is -0.466 e. The van der Waals surface area contributed by atoms with Crippen molar-refractivity contribution in [2.24, 2.45) is 0 Å². The summed E-state index contributed by atoms with van der Waals surface area (Å²) in [5, 5.41) is 3.32. The van der Waals surface area contributed by atoms with E-state index in [0.29, 0.717) is 26.1 Å². The first-order chi connectivity index (χ1) is 11.6. The molecule has 0 aliphatic carbocycles. The van der Waals surface area contributed by atoms with Gasteiger partial charge in [-0.05, 0) is 44.0 Å². The molecule has 1 aromatic carbocycles. The van der Waals surface area contributed by atoms with Crippen molar-refractivity contribution in [3.8, 4) is 0 Å². The maximum Gasteiger partial charge on any atom is 0.307 e. The van der Waals surface area contributed by atoms with Crippen LogP contribution in [0.3, 0.4) is 0 Å². The third-order valence-electron chi connectivity index (χ3n) is 4.21. The predicted molar refractivity (Wildman–Crippen MR) is 88.7 cm³/mol.